The minimum atomic E-state index is -2.16. The van der Waals surface area contributed by atoms with Crippen LogP contribution in [0.4, 0.5) is 8.78 Å². The molecule has 0 radical (unpaired) electrons. The zero-order valence-corrected chi connectivity index (χ0v) is 21.4. The molecule has 6 nitrogen and oxygen atoms in total. The highest BCUT2D eigenvalue weighted by atomic mass is 32.2. The zero-order valence-electron chi connectivity index (χ0n) is 20.6. The zero-order chi connectivity index (χ0) is 25.9. The first-order valence-electron chi connectivity index (χ1n) is 11.9. The lowest BCUT2D eigenvalue weighted by Crippen LogP contribution is -2.38. The summed E-state index contributed by atoms with van der Waals surface area (Å²) in [6, 6.07) is 5.49. The second-order valence-electron chi connectivity index (χ2n) is 10.6. The summed E-state index contributed by atoms with van der Waals surface area (Å²) in [6.07, 6.45) is 7.00. The van der Waals surface area contributed by atoms with Crippen molar-refractivity contribution >= 4 is 21.2 Å². The molecule has 0 amide bonds. The van der Waals surface area contributed by atoms with Crippen LogP contribution >= 0.6 is 0 Å². The number of rotatable bonds is 7. The van der Waals surface area contributed by atoms with Crippen LogP contribution in [0.25, 0.3) is 11.3 Å². The summed E-state index contributed by atoms with van der Waals surface area (Å²) < 4.78 is 40.8. The molecule has 0 N–H and O–H groups in total. The number of hydrogen-bond donors (Lipinski definition) is 0. The Morgan fingerprint density at radius 1 is 1.19 bits per heavy atom. The summed E-state index contributed by atoms with van der Waals surface area (Å²) in [6.45, 7) is 4.27. The molecule has 3 aromatic rings. The lowest BCUT2D eigenvalue weighted by atomic mass is 9.66. The van der Waals surface area contributed by atoms with E-state index in [2.05, 4.69) is 34.9 Å². The third kappa shape index (κ3) is 3.75. The van der Waals surface area contributed by atoms with Gasteiger partial charge < -0.3 is 0 Å². The van der Waals surface area contributed by atoms with Gasteiger partial charge >= 0.3 is 0 Å². The Balaban J connectivity index is 1.55. The lowest BCUT2D eigenvalue weighted by Gasteiger charge is -2.37. The number of nitrogens with zero attached hydrogens (tertiary/aromatic N) is 4. The minimum absolute atomic E-state index is 0.0903. The van der Waals surface area contributed by atoms with Crippen LogP contribution in [0.1, 0.15) is 72.9 Å². The van der Waals surface area contributed by atoms with Crippen LogP contribution in [0.15, 0.2) is 36.7 Å². The Hall–Kier alpha value is -3.07. The van der Waals surface area contributed by atoms with Crippen molar-refractivity contribution in [2.45, 2.75) is 50.9 Å². The van der Waals surface area contributed by atoms with Gasteiger partial charge in [-0.05, 0) is 69.8 Å². The summed E-state index contributed by atoms with van der Waals surface area (Å²) in [5.74, 6) is 2.57. The molecule has 2 aliphatic rings. The van der Waals surface area contributed by atoms with Gasteiger partial charge in [0.15, 0.2) is 5.78 Å². The fourth-order valence-corrected chi connectivity index (χ4v) is 6.88. The van der Waals surface area contributed by atoms with E-state index in [1.165, 1.54) is 24.4 Å². The van der Waals surface area contributed by atoms with Gasteiger partial charge in [0.2, 0.25) is 0 Å². The molecule has 1 saturated carbocycles. The maximum absolute atomic E-state index is 14.5. The molecule has 36 heavy (non-hydrogen) atoms. The van der Waals surface area contributed by atoms with Crippen molar-refractivity contribution in [3.05, 3.63) is 70.9 Å². The van der Waals surface area contributed by atoms with E-state index in [9.17, 15) is 17.8 Å². The molecular weight excluding hydrogens is 482 g/mol. The van der Waals surface area contributed by atoms with Crippen molar-refractivity contribution in [3.63, 3.8) is 0 Å². The first-order valence-corrected chi connectivity index (χ1v) is 14.2. The van der Waals surface area contributed by atoms with E-state index in [0.29, 0.717) is 17.9 Å². The number of ketones is 1. The third-order valence-corrected chi connectivity index (χ3v) is 9.09. The van der Waals surface area contributed by atoms with E-state index in [-0.39, 0.29) is 40.5 Å². The molecular formula is C27H28F2N4O2S. The number of Topliss-reactive ketones (excluding diaryl/α,β-unsaturated/α-hetero) is 1. The number of benzene rings is 1. The molecule has 1 aromatic carbocycles. The highest BCUT2D eigenvalue weighted by Gasteiger charge is 2.65. The summed E-state index contributed by atoms with van der Waals surface area (Å²) in [5.41, 5.74) is 1.57. The lowest BCUT2D eigenvalue weighted by molar-refractivity contribution is 0.0975. The average Bonchev–Trinajstić information content (AvgIpc) is 3.19. The molecule has 2 bridgehead atoms. The fourth-order valence-electron chi connectivity index (χ4n) is 6.13. The average molecular weight is 511 g/mol. The van der Waals surface area contributed by atoms with Crippen LogP contribution in [-0.4, -0.2) is 48.0 Å². The first kappa shape index (κ1) is 24.6. The molecule has 188 valence electrons. The molecule has 9 heteroatoms. The van der Waals surface area contributed by atoms with E-state index >= 15 is 0 Å². The number of hydrogen-bond acceptors (Lipinski definition) is 6. The number of halogens is 2. The van der Waals surface area contributed by atoms with Gasteiger partial charge in [-0.25, -0.2) is 13.8 Å². The van der Waals surface area contributed by atoms with E-state index in [1.807, 2.05) is 0 Å². The van der Waals surface area contributed by atoms with Gasteiger partial charge in [0.25, 0.3) is 0 Å². The van der Waals surface area contributed by atoms with Gasteiger partial charge in [-0.15, -0.1) is 5.10 Å². The van der Waals surface area contributed by atoms with Crippen LogP contribution in [-0.2, 0) is 14.9 Å². The van der Waals surface area contributed by atoms with Crippen molar-refractivity contribution in [2.24, 2.45) is 5.41 Å². The van der Waals surface area contributed by atoms with E-state index in [0.717, 1.165) is 24.1 Å². The maximum Gasteiger partial charge on any atom is 0.182 e. The van der Waals surface area contributed by atoms with Gasteiger partial charge in [0.05, 0.1) is 34.3 Å². The van der Waals surface area contributed by atoms with Gasteiger partial charge in [-0.2, -0.15) is 5.10 Å². The van der Waals surface area contributed by atoms with Crippen molar-refractivity contribution in [2.75, 3.05) is 12.0 Å². The molecule has 5 rings (SSSR count). The van der Waals surface area contributed by atoms with Crippen LogP contribution in [0.3, 0.4) is 0 Å². The maximum atomic E-state index is 14.5. The van der Waals surface area contributed by atoms with Crippen LogP contribution in [0.2, 0.25) is 0 Å². The SMILES string of the molecule is C=S(C)(=O)CCCC(=O)c1cncc([C@@]23CC[C@@H](c4cc(-c5c(F)cccc5F)nnc42)C3(C)C)n1. The summed E-state index contributed by atoms with van der Waals surface area (Å²) in [7, 11) is -2.16. The van der Waals surface area contributed by atoms with Crippen LogP contribution < -0.4 is 0 Å². The summed E-state index contributed by atoms with van der Waals surface area (Å²) >= 11 is 0. The Kier molecular flexibility index (Phi) is 5.82. The van der Waals surface area contributed by atoms with Gasteiger partial charge in [-0.3, -0.25) is 14.0 Å². The molecule has 2 heterocycles. The second kappa shape index (κ2) is 8.50. The van der Waals surface area contributed by atoms with Crippen molar-refractivity contribution in [3.8, 4) is 11.3 Å². The van der Waals surface area contributed by atoms with Gasteiger partial charge in [0.1, 0.15) is 17.3 Å². The largest absolute Gasteiger partial charge is 0.292 e. The normalized spacial score (nSPS) is 23.3. The molecule has 3 atom stereocenters. The van der Waals surface area contributed by atoms with E-state index < -0.39 is 26.6 Å². The highest BCUT2D eigenvalue weighted by Crippen LogP contribution is 2.69. The monoisotopic (exact) mass is 510 g/mol. The van der Waals surface area contributed by atoms with Gasteiger partial charge in [0, 0.05) is 24.6 Å². The highest BCUT2D eigenvalue weighted by molar-refractivity contribution is 7.99. The molecule has 2 aliphatic carbocycles. The first-order chi connectivity index (χ1) is 17.0. The minimum Gasteiger partial charge on any atom is -0.292 e. The van der Waals surface area contributed by atoms with Crippen LogP contribution in [0, 0.1) is 17.0 Å². The quantitative estimate of drug-likeness (QED) is 0.338. The van der Waals surface area contributed by atoms with E-state index in [4.69, 9.17) is 4.98 Å². The summed E-state index contributed by atoms with van der Waals surface area (Å²) in [4.78, 5) is 22.0. The summed E-state index contributed by atoms with van der Waals surface area (Å²) in [5, 5.41) is 8.76. The third-order valence-electron chi connectivity index (χ3n) is 7.94. The molecule has 0 saturated heterocycles. The predicted molar refractivity (Wildman–Crippen MR) is 136 cm³/mol. The topological polar surface area (TPSA) is 85.7 Å². The Morgan fingerprint density at radius 3 is 2.61 bits per heavy atom. The molecule has 1 unspecified atom stereocenters. The predicted octanol–water partition coefficient (Wildman–Crippen LogP) is 4.72. The Labute approximate surface area is 209 Å². The smallest absolute Gasteiger partial charge is 0.182 e. The fraction of sp³-hybridized carbons (Fsp3) is 0.407. The molecule has 2 aromatic heterocycles. The second-order valence-corrected chi connectivity index (χ2v) is 13.3. The Morgan fingerprint density at radius 2 is 1.92 bits per heavy atom. The van der Waals surface area contributed by atoms with E-state index in [1.54, 1.807) is 18.5 Å². The number of fused-ring (bicyclic) bond motifs is 5. The van der Waals surface area contributed by atoms with Crippen molar-refractivity contribution in [1.82, 2.24) is 20.2 Å². The van der Waals surface area contributed by atoms with Gasteiger partial charge in [-0.1, -0.05) is 19.9 Å². The number of carbonyl (C=O) groups is 1. The number of aromatic nitrogens is 4. The molecule has 1 fully saturated rings. The molecule has 0 aliphatic heterocycles. The van der Waals surface area contributed by atoms with Crippen molar-refractivity contribution < 1.29 is 17.8 Å². The number of carbonyl (C=O) groups excluding carboxylic acids is 1. The van der Waals surface area contributed by atoms with Crippen molar-refractivity contribution in [1.29, 1.82) is 0 Å². The Bertz CT molecular complexity index is 1470. The van der Waals surface area contributed by atoms with Crippen LogP contribution in [0.5, 0.6) is 0 Å². The standard InChI is InChI=1S/C27H28F2N4O2S/c1-26(2)17-10-11-27(26,23-15-30-14-21(31-23)22(34)9-6-12-36(3,4)35)25-16(17)13-20(32-33-25)24-18(28)7-5-8-19(24)29/h5,7-8,13-15,17H,3,6,9-12H2,1-2,4H3/t17-,27-,36?/m0/s1. The molecule has 0 spiro atoms.